The molecule has 9 nitrogen and oxygen atoms in total. The molecule has 2 atom stereocenters. The van der Waals surface area contributed by atoms with E-state index in [9.17, 15) is 19.0 Å². The van der Waals surface area contributed by atoms with Crippen LogP contribution in [-0.2, 0) is 32.7 Å². The van der Waals surface area contributed by atoms with Crippen molar-refractivity contribution < 1.29 is 37.6 Å². The van der Waals surface area contributed by atoms with E-state index in [0.717, 1.165) is 77.0 Å². The van der Waals surface area contributed by atoms with Crippen molar-refractivity contribution in [3.05, 3.63) is 72.9 Å². The molecule has 10 heteroatoms. The summed E-state index contributed by atoms with van der Waals surface area (Å²) in [5.41, 5.74) is 5.40. The summed E-state index contributed by atoms with van der Waals surface area (Å²) in [6, 6.07) is 0. The molecule has 0 heterocycles. The van der Waals surface area contributed by atoms with E-state index in [4.69, 9.17) is 24.3 Å². The standard InChI is InChI=1S/C72H132NO8P/c1-3-5-7-9-11-13-15-17-19-21-23-25-27-29-31-33-34-35-36-37-39-41-43-45-47-49-51-53-55-57-59-61-63-65-72(75)81-70(69-80-82(76,77)79-67-66-73)68-78-71(74)64-62-60-58-56-54-52-50-48-46-44-42-40-38-32-30-28-26-24-22-20-18-16-14-12-10-8-6-4-2/h5,7,11,13,17,19,23,25,29,31,34-35,70H,3-4,6,8-10,12,14-16,18,20-22,24,26-28,30,32-33,36-69,73H2,1-2H3,(H,76,77)/b7-5-,13-11-,19-17-,25-23-,31-29-,35-34-. The number of carbonyl (C=O) groups excluding carboxylic acids is 2. The largest absolute Gasteiger partial charge is 0.472 e. The molecule has 0 saturated carbocycles. The topological polar surface area (TPSA) is 134 Å². The molecule has 478 valence electrons. The van der Waals surface area contributed by atoms with Gasteiger partial charge in [0.2, 0.25) is 0 Å². The van der Waals surface area contributed by atoms with Gasteiger partial charge in [-0.05, 0) is 64.2 Å². The van der Waals surface area contributed by atoms with Crippen molar-refractivity contribution >= 4 is 19.8 Å². The molecule has 0 aliphatic heterocycles. The summed E-state index contributed by atoms with van der Waals surface area (Å²) >= 11 is 0. The normalized spacial score (nSPS) is 13.4. The smallest absolute Gasteiger partial charge is 0.462 e. The third kappa shape index (κ3) is 66.6. The van der Waals surface area contributed by atoms with Gasteiger partial charge in [-0.2, -0.15) is 0 Å². The minimum atomic E-state index is -4.39. The lowest BCUT2D eigenvalue weighted by Gasteiger charge is -2.19. The second kappa shape index (κ2) is 67.6. The van der Waals surface area contributed by atoms with Crippen LogP contribution in [0.15, 0.2) is 72.9 Å². The first-order chi connectivity index (χ1) is 40.3. The van der Waals surface area contributed by atoms with Crippen molar-refractivity contribution in [1.29, 1.82) is 0 Å². The fourth-order valence-electron chi connectivity index (χ4n) is 10.2. The van der Waals surface area contributed by atoms with Crippen LogP contribution in [0.5, 0.6) is 0 Å². The lowest BCUT2D eigenvalue weighted by molar-refractivity contribution is -0.161. The summed E-state index contributed by atoms with van der Waals surface area (Å²) < 4.78 is 33.2. The number of esters is 2. The van der Waals surface area contributed by atoms with Crippen molar-refractivity contribution in [2.75, 3.05) is 26.4 Å². The van der Waals surface area contributed by atoms with Crippen LogP contribution in [0.25, 0.3) is 0 Å². The average Bonchev–Trinajstić information content (AvgIpc) is 3.47. The maximum atomic E-state index is 12.8. The Labute approximate surface area is 507 Å². The van der Waals surface area contributed by atoms with Gasteiger partial charge in [-0.1, -0.05) is 337 Å². The number of phosphoric ester groups is 1. The van der Waals surface area contributed by atoms with E-state index in [1.54, 1.807) is 0 Å². The van der Waals surface area contributed by atoms with Crippen LogP contribution in [0, 0.1) is 0 Å². The Morgan fingerprint density at radius 3 is 1.00 bits per heavy atom. The lowest BCUT2D eigenvalue weighted by Crippen LogP contribution is -2.29. The summed E-state index contributed by atoms with van der Waals surface area (Å²) in [6.07, 6.45) is 88.5. The quantitative estimate of drug-likeness (QED) is 0.0264. The Balaban J connectivity index is 3.86. The number of rotatable bonds is 66. The van der Waals surface area contributed by atoms with Gasteiger partial charge >= 0.3 is 19.8 Å². The van der Waals surface area contributed by atoms with Crippen LogP contribution in [0.1, 0.15) is 341 Å². The minimum Gasteiger partial charge on any atom is -0.462 e. The van der Waals surface area contributed by atoms with Crippen LogP contribution in [0.2, 0.25) is 0 Å². The Kier molecular flexibility index (Phi) is 65.5. The fraction of sp³-hybridized carbons (Fsp3) is 0.806. The van der Waals surface area contributed by atoms with Crippen molar-refractivity contribution in [2.45, 2.75) is 347 Å². The highest BCUT2D eigenvalue weighted by atomic mass is 31.2. The Morgan fingerprint density at radius 2 is 0.671 bits per heavy atom. The molecule has 0 radical (unpaired) electrons. The van der Waals surface area contributed by atoms with Crippen LogP contribution in [-0.4, -0.2) is 49.3 Å². The van der Waals surface area contributed by atoms with Crippen LogP contribution < -0.4 is 5.73 Å². The highest BCUT2D eigenvalue weighted by Crippen LogP contribution is 2.43. The van der Waals surface area contributed by atoms with E-state index in [1.165, 1.54) is 231 Å². The first-order valence-electron chi connectivity index (χ1n) is 34.9. The Morgan fingerprint density at radius 1 is 0.378 bits per heavy atom. The first-order valence-corrected chi connectivity index (χ1v) is 36.4. The molecule has 0 amide bonds. The molecular formula is C72H132NO8P. The predicted molar refractivity (Wildman–Crippen MR) is 353 cm³/mol. The molecule has 0 aromatic rings. The molecule has 0 aliphatic rings. The zero-order valence-electron chi connectivity index (χ0n) is 53.7. The fourth-order valence-corrected chi connectivity index (χ4v) is 11.0. The van der Waals surface area contributed by atoms with Crippen LogP contribution in [0.3, 0.4) is 0 Å². The molecule has 0 bridgehead atoms. The molecule has 0 aliphatic carbocycles. The van der Waals surface area contributed by atoms with Gasteiger partial charge < -0.3 is 20.1 Å². The highest BCUT2D eigenvalue weighted by Gasteiger charge is 2.26. The number of hydrogen-bond acceptors (Lipinski definition) is 8. The predicted octanol–water partition coefficient (Wildman–Crippen LogP) is 22.8. The SMILES string of the molecule is CC/C=C\C/C=C\C/C=C\C/C=C\C/C=C\C/C=C\CCCCCCCCCCCCCCCCC(=O)OC(COC(=O)CCCCCCCCCCCCCCCCCCCCCCCCCCCCCC)COP(=O)(O)OCCN. The number of unbranched alkanes of at least 4 members (excludes halogenated alkanes) is 41. The van der Waals surface area contributed by atoms with Crippen molar-refractivity contribution in [3.8, 4) is 0 Å². The number of phosphoric acid groups is 1. The summed E-state index contributed by atoms with van der Waals surface area (Å²) in [6.45, 7) is 3.69. The number of ether oxygens (including phenoxy) is 2. The number of carbonyl (C=O) groups is 2. The average molecular weight is 1170 g/mol. The molecule has 82 heavy (non-hydrogen) atoms. The van der Waals surface area contributed by atoms with Crippen LogP contribution >= 0.6 is 7.82 Å². The van der Waals surface area contributed by atoms with Gasteiger partial charge in [0.1, 0.15) is 6.61 Å². The van der Waals surface area contributed by atoms with E-state index in [1.807, 2.05) is 0 Å². The third-order valence-electron chi connectivity index (χ3n) is 15.4. The zero-order chi connectivity index (χ0) is 59.4. The van der Waals surface area contributed by atoms with Gasteiger partial charge in [0.05, 0.1) is 13.2 Å². The number of nitrogens with two attached hydrogens (primary N) is 1. The minimum absolute atomic E-state index is 0.0533. The van der Waals surface area contributed by atoms with E-state index < -0.39 is 26.5 Å². The van der Waals surface area contributed by atoms with Crippen molar-refractivity contribution in [2.24, 2.45) is 5.73 Å². The second-order valence-electron chi connectivity index (χ2n) is 23.4. The maximum Gasteiger partial charge on any atom is 0.472 e. The van der Waals surface area contributed by atoms with E-state index in [2.05, 4.69) is 86.8 Å². The molecule has 0 aromatic heterocycles. The Bertz CT molecular complexity index is 1570. The molecule has 2 unspecified atom stereocenters. The van der Waals surface area contributed by atoms with Gasteiger partial charge in [-0.25, -0.2) is 4.57 Å². The van der Waals surface area contributed by atoms with Gasteiger partial charge in [0.15, 0.2) is 6.10 Å². The maximum absolute atomic E-state index is 12.8. The number of hydrogen-bond donors (Lipinski definition) is 2. The molecule has 0 spiro atoms. The molecule has 0 saturated heterocycles. The van der Waals surface area contributed by atoms with E-state index >= 15 is 0 Å². The Hall–Kier alpha value is -2.55. The van der Waals surface area contributed by atoms with Gasteiger partial charge in [0.25, 0.3) is 0 Å². The molecular weight excluding hydrogens is 1040 g/mol. The van der Waals surface area contributed by atoms with Gasteiger partial charge in [-0.3, -0.25) is 18.6 Å². The first kappa shape index (κ1) is 79.5. The van der Waals surface area contributed by atoms with E-state index in [0.29, 0.717) is 6.42 Å². The number of allylic oxidation sites excluding steroid dienone is 12. The highest BCUT2D eigenvalue weighted by molar-refractivity contribution is 7.47. The van der Waals surface area contributed by atoms with Gasteiger partial charge in [0, 0.05) is 19.4 Å². The summed E-state index contributed by atoms with van der Waals surface area (Å²) in [4.78, 5) is 35.4. The van der Waals surface area contributed by atoms with Crippen LogP contribution in [0.4, 0.5) is 0 Å². The second-order valence-corrected chi connectivity index (χ2v) is 24.8. The zero-order valence-corrected chi connectivity index (χ0v) is 54.6. The lowest BCUT2D eigenvalue weighted by atomic mass is 10.0. The molecule has 0 aromatic carbocycles. The molecule has 3 N–H and O–H groups in total. The van der Waals surface area contributed by atoms with Crippen molar-refractivity contribution in [1.82, 2.24) is 0 Å². The molecule has 0 rings (SSSR count). The molecule has 0 fully saturated rings. The summed E-state index contributed by atoms with van der Waals surface area (Å²) in [7, 11) is -4.39. The van der Waals surface area contributed by atoms with Crippen molar-refractivity contribution in [3.63, 3.8) is 0 Å². The van der Waals surface area contributed by atoms with Gasteiger partial charge in [-0.15, -0.1) is 0 Å². The van der Waals surface area contributed by atoms with E-state index in [-0.39, 0.29) is 38.6 Å². The summed E-state index contributed by atoms with van der Waals surface area (Å²) in [5.74, 6) is -0.813. The summed E-state index contributed by atoms with van der Waals surface area (Å²) in [5, 5.41) is 0. The third-order valence-corrected chi connectivity index (χ3v) is 16.3. The monoisotopic (exact) mass is 1170 g/mol.